The van der Waals surface area contributed by atoms with E-state index in [-0.39, 0.29) is 5.69 Å². The van der Waals surface area contributed by atoms with Crippen molar-refractivity contribution < 1.29 is 9.90 Å². The summed E-state index contributed by atoms with van der Waals surface area (Å²) in [7, 11) is 0. The van der Waals surface area contributed by atoms with Crippen LogP contribution in [0.1, 0.15) is 23.8 Å². The Kier molecular flexibility index (Phi) is 4.51. The molecule has 0 atom stereocenters. The number of nitrogens with zero attached hydrogens (tertiary/aromatic N) is 2. The minimum Gasteiger partial charge on any atom is -0.477 e. The Morgan fingerprint density at radius 2 is 2.38 bits per heavy atom. The molecule has 4 nitrogen and oxygen atoms in total. The van der Waals surface area contributed by atoms with Gasteiger partial charge in [0.15, 0.2) is 5.69 Å². The molecule has 0 unspecified atom stereocenters. The van der Waals surface area contributed by atoms with Gasteiger partial charge in [-0.25, -0.2) is 9.78 Å². The summed E-state index contributed by atoms with van der Waals surface area (Å²) in [6, 6.07) is 5.01. The van der Waals surface area contributed by atoms with Crippen LogP contribution < -0.4 is 4.90 Å². The molecule has 86 valence electrons. The quantitative estimate of drug-likeness (QED) is 0.746. The van der Waals surface area contributed by atoms with Crippen molar-refractivity contribution in [3.8, 4) is 0 Å². The third-order valence-electron chi connectivity index (χ3n) is 2.12. The SMILES string of the molecule is C=CCN(CCC)c1cccc(C(=O)O)n1. The van der Waals surface area contributed by atoms with Crippen molar-refractivity contribution in [2.24, 2.45) is 0 Å². The number of carboxylic acids is 1. The fraction of sp³-hybridized carbons (Fsp3) is 0.333. The second-order valence-corrected chi connectivity index (χ2v) is 3.42. The molecule has 16 heavy (non-hydrogen) atoms. The molecule has 0 aliphatic heterocycles. The monoisotopic (exact) mass is 220 g/mol. The Balaban J connectivity index is 2.94. The van der Waals surface area contributed by atoms with E-state index < -0.39 is 5.97 Å². The van der Waals surface area contributed by atoms with Crippen molar-refractivity contribution in [2.45, 2.75) is 13.3 Å². The molecule has 4 heteroatoms. The van der Waals surface area contributed by atoms with Crippen molar-refractivity contribution in [3.05, 3.63) is 36.5 Å². The average molecular weight is 220 g/mol. The molecule has 0 aliphatic rings. The van der Waals surface area contributed by atoms with Gasteiger partial charge in [0.05, 0.1) is 0 Å². The summed E-state index contributed by atoms with van der Waals surface area (Å²) in [5.74, 6) is -0.321. The first kappa shape index (κ1) is 12.2. The Morgan fingerprint density at radius 1 is 1.62 bits per heavy atom. The molecule has 1 heterocycles. The molecule has 0 amide bonds. The molecule has 0 aliphatic carbocycles. The predicted molar refractivity (Wildman–Crippen MR) is 63.9 cm³/mol. The molecule has 0 radical (unpaired) electrons. The molecule has 0 saturated carbocycles. The van der Waals surface area contributed by atoms with Gasteiger partial charge in [-0.15, -0.1) is 6.58 Å². The van der Waals surface area contributed by atoms with E-state index in [1.54, 1.807) is 12.1 Å². The molecule has 1 aromatic rings. The summed E-state index contributed by atoms with van der Waals surface area (Å²) in [6.45, 7) is 7.25. The van der Waals surface area contributed by atoms with Crippen molar-refractivity contribution in [1.82, 2.24) is 4.98 Å². The van der Waals surface area contributed by atoms with Crippen LogP contribution in [0.25, 0.3) is 0 Å². The smallest absolute Gasteiger partial charge is 0.354 e. The minimum absolute atomic E-state index is 0.0719. The van der Waals surface area contributed by atoms with Gasteiger partial charge in [-0.05, 0) is 18.6 Å². The molecular weight excluding hydrogens is 204 g/mol. The number of aromatic carboxylic acids is 1. The maximum Gasteiger partial charge on any atom is 0.354 e. The lowest BCUT2D eigenvalue weighted by molar-refractivity contribution is 0.0690. The third-order valence-corrected chi connectivity index (χ3v) is 2.12. The van der Waals surface area contributed by atoms with Crippen molar-refractivity contribution in [3.63, 3.8) is 0 Å². The van der Waals surface area contributed by atoms with Crippen LogP contribution in [-0.2, 0) is 0 Å². The highest BCUT2D eigenvalue weighted by Gasteiger charge is 2.09. The molecule has 0 bridgehead atoms. The average Bonchev–Trinajstić information content (AvgIpc) is 2.29. The van der Waals surface area contributed by atoms with Crippen molar-refractivity contribution in [2.75, 3.05) is 18.0 Å². The van der Waals surface area contributed by atoms with Gasteiger partial charge in [0.1, 0.15) is 5.82 Å². The zero-order chi connectivity index (χ0) is 12.0. The standard InChI is InChI=1S/C12H16N2O2/c1-3-8-14(9-4-2)11-7-5-6-10(13-11)12(15)16/h3,5-7H,1,4,8-9H2,2H3,(H,15,16). The van der Waals surface area contributed by atoms with Crippen LogP contribution >= 0.6 is 0 Å². The molecule has 0 saturated heterocycles. The van der Waals surface area contributed by atoms with E-state index in [9.17, 15) is 4.79 Å². The van der Waals surface area contributed by atoms with Crippen LogP contribution in [0.5, 0.6) is 0 Å². The van der Waals surface area contributed by atoms with E-state index in [1.807, 2.05) is 11.0 Å². The summed E-state index contributed by atoms with van der Waals surface area (Å²) in [5.41, 5.74) is 0.0719. The molecule has 0 fully saturated rings. The lowest BCUT2D eigenvalue weighted by Crippen LogP contribution is -2.25. The van der Waals surface area contributed by atoms with Gasteiger partial charge in [-0.2, -0.15) is 0 Å². The third kappa shape index (κ3) is 3.08. The molecule has 1 N–H and O–H groups in total. The van der Waals surface area contributed by atoms with Crippen molar-refractivity contribution in [1.29, 1.82) is 0 Å². The summed E-state index contributed by atoms with van der Waals surface area (Å²) in [4.78, 5) is 16.9. The largest absolute Gasteiger partial charge is 0.477 e. The second kappa shape index (κ2) is 5.90. The van der Waals surface area contributed by atoms with Gasteiger partial charge in [-0.1, -0.05) is 19.1 Å². The van der Waals surface area contributed by atoms with Gasteiger partial charge in [0.25, 0.3) is 0 Å². The molecular formula is C12H16N2O2. The van der Waals surface area contributed by atoms with Crippen LogP contribution in [0.15, 0.2) is 30.9 Å². The molecule has 1 aromatic heterocycles. The lowest BCUT2D eigenvalue weighted by Gasteiger charge is -2.21. The van der Waals surface area contributed by atoms with Gasteiger partial charge in [0.2, 0.25) is 0 Å². The Hall–Kier alpha value is -1.84. The number of anilines is 1. The molecule has 1 rings (SSSR count). The van der Waals surface area contributed by atoms with Crippen LogP contribution in [0, 0.1) is 0 Å². The number of pyridine rings is 1. The summed E-state index contributed by atoms with van der Waals surface area (Å²) in [6.07, 6.45) is 2.76. The molecule has 0 spiro atoms. The second-order valence-electron chi connectivity index (χ2n) is 3.42. The zero-order valence-electron chi connectivity index (χ0n) is 9.39. The first-order valence-corrected chi connectivity index (χ1v) is 5.25. The van der Waals surface area contributed by atoms with Gasteiger partial charge >= 0.3 is 5.97 Å². The lowest BCUT2D eigenvalue weighted by atomic mass is 10.3. The first-order chi connectivity index (χ1) is 7.69. The Labute approximate surface area is 95.2 Å². The Morgan fingerprint density at radius 3 is 2.94 bits per heavy atom. The topological polar surface area (TPSA) is 53.4 Å². The van der Waals surface area contributed by atoms with Gasteiger partial charge in [0, 0.05) is 13.1 Å². The summed E-state index contributed by atoms with van der Waals surface area (Å²) >= 11 is 0. The molecule has 0 aromatic carbocycles. The highest BCUT2D eigenvalue weighted by atomic mass is 16.4. The predicted octanol–water partition coefficient (Wildman–Crippen LogP) is 2.18. The number of rotatable bonds is 6. The van der Waals surface area contributed by atoms with E-state index >= 15 is 0 Å². The Bertz CT molecular complexity index is 377. The number of carbonyl (C=O) groups is 1. The highest BCUT2D eigenvalue weighted by Crippen LogP contribution is 2.12. The van der Waals surface area contributed by atoms with Crippen LogP contribution in [0.4, 0.5) is 5.82 Å². The maximum atomic E-state index is 10.8. The number of carboxylic acid groups (broad SMARTS) is 1. The van der Waals surface area contributed by atoms with Gasteiger partial charge in [-0.3, -0.25) is 0 Å². The van der Waals surface area contributed by atoms with Gasteiger partial charge < -0.3 is 10.0 Å². The fourth-order valence-corrected chi connectivity index (χ4v) is 1.44. The van der Waals surface area contributed by atoms with Crippen molar-refractivity contribution >= 4 is 11.8 Å². The number of aromatic nitrogens is 1. The first-order valence-electron chi connectivity index (χ1n) is 5.25. The maximum absolute atomic E-state index is 10.8. The van der Waals surface area contributed by atoms with E-state index in [0.29, 0.717) is 12.4 Å². The van der Waals surface area contributed by atoms with E-state index in [0.717, 1.165) is 13.0 Å². The van der Waals surface area contributed by atoms with Crippen LogP contribution in [-0.4, -0.2) is 29.1 Å². The number of hydrogen-bond donors (Lipinski definition) is 1. The fourth-order valence-electron chi connectivity index (χ4n) is 1.44. The van der Waals surface area contributed by atoms with Crippen LogP contribution in [0.2, 0.25) is 0 Å². The highest BCUT2D eigenvalue weighted by molar-refractivity contribution is 5.85. The van der Waals surface area contributed by atoms with E-state index in [4.69, 9.17) is 5.11 Å². The number of hydrogen-bond acceptors (Lipinski definition) is 3. The van der Waals surface area contributed by atoms with Crippen LogP contribution in [0.3, 0.4) is 0 Å². The normalized spacial score (nSPS) is 9.81. The van der Waals surface area contributed by atoms with E-state index in [2.05, 4.69) is 18.5 Å². The minimum atomic E-state index is -1.00. The summed E-state index contributed by atoms with van der Waals surface area (Å²) < 4.78 is 0. The zero-order valence-corrected chi connectivity index (χ0v) is 9.39. The van der Waals surface area contributed by atoms with E-state index in [1.165, 1.54) is 6.07 Å². The summed E-state index contributed by atoms with van der Waals surface area (Å²) in [5, 5.41) is 8.85.